The molecule has 8 nitrogen and oxygen atoms in total. The zero-order valence-electron chi connectivity index (χ0n) is 20.6. The smallest absolute Gasteiger partial charge is 0.317 e. The summed E-state index contributed by atoms with van der Waals surface area (Å²) in [6, 6.07) is 9.03. The van der Waals surface area contributed by atoms with Crippen molar-refractivity contribution in [3.8, 4) is 11.3 Å². The van der Waals surface area contributed by atoms with Gasteiger partial charge >= 0.3 is 6.03 Å². The van der Waals surface area contributed by atoms with E-state index in [0.29, 0.717) is 19.1 Å². The Labute approximate surface area is 205 Å². The van der Waals surface area contributed by atoms with Gasteiger partial charge in [0.25, 0.3) is 0 Å². The molecular weight excluding hydrogens is 446 g/mol. The molecule has 2 N–H and O–H groups in total. The van der Waals surface area contributed by atoms with Crippen molar-refractivity contribution in [1.82, 2.24) is 24.8 Å². The van der Waals surface area contributed by atoms with Gasteiger partial charge < -0.3 is 20.4 Å². The molecule has 3 aromatic rings. The van der Waals surface area contributed by atoms with Crippen LogP contribution >= 0.6 is 11.3 Å². The van der Waals surface area contributed by atoms with Gasteiger partial charge in [0.15, 0.2) is 5.82 Å². The Morgan fingerprint density at radius 2 is 1.74 bits per heavy atom. The summed E-state index contributed by atoms with van der Waals surface area (Å²) in [7, 11) is 0. The molecule has 2 aliphatic rings. The Bertz CT molecular complexity index is 1150. The predicted octanol–water partition coefficient (Wildman–Crippen LogP) is 4.75. The Morgan fingerprint density at radius 1 is 1.06 bits per heavy atom. The first-order valence-electron chi connectivity index (χ1n) is 12.3. The van der Waals surface area contributed by atoms with E-state index < -0.39 is 0 Å². The molecule has 0 radical (unpaired) electrons. The van der Waals surface area contributed by atoms with Crippen LogP contribution in [0.25, 0.3) is 16.2 Å². The van der Waals surface area contributed by atoms with Gasteiger partial charge in [0.2, 0.25) is 10.1 Å². The van der Waals surface area contributed by atoms with Crippen molar-refractivity contribution < 1.29 is 4.79 Å². The highest BCUT2D eigenvalue weighted by atomic mass is 32.1. The van der Waals surface area contributed by atoms with Crippen LogP contribution in [0.15, 0.2) is 24.3 Å². The molecule has 2 fully saturated rings. The molecule has 1 aliphatic heterocycles. The van der Waals surface area contributed by atoms with Gasteiger partial charge in [-0.05, 0) is 40.5 Å². The number of rotatable bonds is 4. The lowest BCUT2D eigenvalue weighted by atomic mass is 10.1. The van der Waals surface area contributed by atoms with E-state index in [2.05, 4.69) is 46.7 Å². The first-order valence-corrected chi connectivity index (χ1v) is 13.1. The number of anilines is 2. The van der Waals surface area contributed by atoms with Gasteiger partial charge in [-0.15, -0.1) is 5.10 Å². The molecule has 1 aliphatic carbocycles. The third kappa shape index (κ3) is 4.85. The Morgan fingerprint density at radius 3 is 2.38 bits per heavy atom. The Balaban J connectivity index is 1.37. The number of hydrogen-bond donors (Lipinski definition) is 2. The van der Waals surface area contributed by atoms with Crippen molar-refractivity contribution in [2.45, 2.75) is 65.0 Å². The summed E-state index contributed by atoms with van der Waals surface area (Å²) in [6.45, 7) is 11.0. The van der Waals surface area contributed by atoms with Crippen molar-refractivity contribution in [3.05, 3.63) is 29.8 Å². The van der Waals surface area contributed by atoms with Gasteiger partial charge in [0.05, 0.1) is 0 Å². The second-order valence-electron chi connectivity index (χ2n) is 10.5. The number of urea groups is 1. The van der Waals surface area contributed by atoms with Gasteiger partial charge in [-0.2, -0.15) is 4.52 Å². The number of hydrogen-bond acceptors (Lipinski definition) is 6. The van der Waals surface area contributed by atoms with Gasteiger partial charge in [-0.1, -0.05) is 54.0 Å². The van der Waals surface area contributed by atoms with Crippen LogP contribution in [0.3, 0.4) is 0 Å². The number of nitrogens with one attached hydrogen (secondary N) is 2. The standard InChI is InChI=1S/C25H35N7OS/c1-17-9-11-18(12-10-17)20-21(26-19-7-5-6-8-19)32-23(27-20)34-24(29-32)31-15-13-30(14-16-31)22(33)28-25(2,3)4/h9-12,19,26H,5-8,13-16H2,1-4H3,(H,28,33). The highest BCUT2D eigenvalue weighted by Gasteiger charge is 2.27. The fourth-order valence-corrected chi connectivity index (χ4v) is 5.63. The third-order valence-electron chi connectivity index (χ3n) is 6.53. The number of imidazole rings is 1. The SMILES string of the molecule is Cc1ccc(-c2nc3sc(N4CCN(C(=O)NC(C)(C)C)CC4)nn3c2NC2CCCC2)cc1. The van der Waals surface area contributed by atoms with E-state index in [9.17, 15) is 4.79 Å². The summed E-state index contributed by atoms with van der Waals surface area (Å²) in [5.41, 5.74) is 3.10. The number of aryl methyl sites for hydroxylation is 1. The first-order chi connectivity index (χ1) is 16.3. The molecule has 9 heteroatoms. The van der Waals surface area contributed by atoms with E-state index in [-0.39, 0.29) is 11.6 Å². The summed E-state index contributed by atoms with van der Waals surface area (Å²) in [5, 5.41) is 12.8. The number of aromatic nitrogens is 3. The zero-order chi connectivity index (χ0) is 23.9. The summed E-state index contributed by atoms with van der Waals surface area (Å²) in [6.07, 6.45) is 4.93. The molecule has 0 atom stereocenters. The maximum Gasteiger partial charge on any atom is 0.317 e. The zero-order valence-corrected chi connectivity index (χ0v) is 21.4. The van der Waals surface area contributed by atoms with Crippen LogP contribution in [0.4, 0.5) is 15.7 Å². The number of carbonyl (C=O) groups excluding carboxylic acids is 1. The lowest BCUT2D eigenvalue weighted by Gasteiger charge is -2.36. The number of carbonyl (C=O) groups is 1. The fourth-order valence-electron chi connectivity index (χ4n) is 4.67. The van der Waals surface area contributed by atoms with Crippen molar-refractivity contribution in [2.24, 2.45) is 0 Å². The van der Waals surface area contributed by atoms with Crippen LogP contribution in [0, 0.1) is 6.92 Å². The van der Waals surface area contributed by atoms with Crippen LogP contribution in [0.1, 0.15) is 52.0 Å². The molecule has 1 saturated carbocycles. The summed E-state index contributed by atoms with van der Waals surface area (Å²) < 4.78 is 1.99. The van der Waals surface area contributed by atoms with Gasteiger partial charge in [0.1, 0.15) is 5.69 Å². The monoisotopic (exact) mass is 481 g/mol. The molecule has 3 heterocycles. The van der Waals surface area contributed by atoms with E-state index in [1.165, 1.54) is 31.2 Å². The maximum absolute atomic E-state index is 12.5. The maximum atomic E-state index is 12.5. The number of benzene rings is 1. The molecule has 1 saturated heterocycles. The molecule has 0 spiro atoms. The minimum Gasteiger partial charge on any atom is -0.365 e. The summed E-state index contributed by atoms with van der Waals surface area (Å²) in [5.74, 6) is 0.997. The number of nitrogens with zero attached hydrogens (tertiary/aromatic N) is 5. The lowest BCUT2D eigenvalue weighted by molar-refractivity contribution is 0.185. The quantitative estimate of drug-likeness (QED) is 0.562. The summed E-state index contributed by atoms with van der Waals surface area (Å²) in [4.78, 5) is 22.6. The molecule has 34 heavy (non-hydrogen) atoms. The first kappa shape index (κ1) is 23.0. The van der Waals surface area contributed by atoms with Gasteiger partial charge in [-0.3, -0.25) is 0 Å². The summed E-state index contributed by atoms with van der Waals surface area (Å²) >= 11 is 1.62. The molecule has 2 aromatic heterocycles. The number of piperazine rings is 1. The predicted molar refractivity (Wildman–Crippen MR) is 139 cm³/mol. The van der Waals surface area contributed by atoms with Crippen LogP contribution in [-0.4, -0.2) is 63.3 Å². The minimum absolute atomic E-state index is 0.00637. The largest absolute Gasteiger partial charge is 0.365 e. The van der Waals surface area contributed by atoms with E-state index in [1.54, 1.807) is 11.3 Å². The second kappa shape index (κ2) is 9.09. The van der Waals surface area contributed by atoms with Crippen LogP contribution in [0.5, 0.6) is 0 Å². The van der Waals surface area contributed by atoms with Gasteiger partial charge in [0, 0.05) is 43.3 Å². The van der Waals surface area contributed by atoms with E-state index in [1.807, 2.05) is 30.2 Å². The van der Waals surface area contributed by atoms with E-state index >= 15 is 0 Å². The van der Waals surface area contributed by atoms with Crippen molar-refractivity contribution in [2.75, 3.05) is 36.4 Å². The van der Waals surface area contributed by atoms with Crippen LogP contribution in [-0.2, 0) is 0 Å². The van der Waals surface area contributed by atoms with Crippen molar-refractivity contribution in [3.63, 3.8) is 0 Å². The van der Waals surface area contributed by atoms with Crippen LogP contribution in [0.2, 0.25) is 0 Å². The molecule has 0 unspecified atom stereocenters. The van der Waals surface area contributed by atoms with Crippen LogP contribution < -0.4 is 15.5 Å². The van der Waals surface area contributed by atoms with Crippen molar-refractivity contribution in [1.29, 1.82) is 0 Å². The molecule has 1 aromatic carbocycles. The molecule has 182 valence electrons. The topological polar surface area (TPSA) is 77.8 Å². The molecular formula is C25H35N7OS. The molecule has 5 rings (SSSR count). The highest BCUT2D eigenvalue weighted by molar-refractivity contribution is 7.20. The Kier molecular flexibility index (Phi) is 6.14. The molecule has 2 amide bonds. The fraction of sp³-hybridized carbons (Fsp3) is 0.560. The molecule has 0 bridgehead atoms. The van der Waals surface area contributed by atoms with Crippen molar-refractivity contribution >= 4 is 33.3 Å². The van der Waals surface area contributed by atoms with E-state index in [4.69, 9.17) is 10.1 Å². The second-order valence-corrected chi connectivity index (χ2v) is 11.5. The van der Waals surface area contributed by atoms with Gasteiger partial charge in [-0.25, -0.2) is 9.78 Å². The lowest BCUT2D eigenvalue weighted by Crippen LogP contribution is -2.55. The minimum atomic E-state index is -0.229. The van der Waals surface area contributed by atoms with E-state index in [0.717, 1.165) is 40.3 Å². The number of amides is 2. The third-order valence-corrected chi connectivity index (χ3v) is 7.50. The number of fused-ring (bicyclic) bond motifs is 1. The average Bonchev–Trinajstić information content (AvgIpc) is 3.51. The normalized spacial score (nSPS) is 17.5. The highest BCUT2D eigenvalue weighted by Crippen LogP contribution is 2.35. The Hall–Kier alpha value is -2.81. The average molecular weight is 482 g/mol.